The van der Waals surface area contributed by atoms with Gasteiger partial charge in [0.15, 0.2) is 0 Å². The molecule has 6 heteroatoms. The van der Waals surface area contributed by atoms with Gasteiger partial charge in [-0.05, 0) is 31.0 Å². The summed E-state index contributed by atoms with van der Waals surface area (Å²) in [7, 11) is 0. The maximum absolute atomic E-state index is 12.6. The van der Waals surface area contributed by atoms with Gasteiger partial charge in [-0.2, -0.15) is 0 Å². The second-order valence-corrected chi connectivity index (χ2v) is 6.47. The summed E-state index contributed by atoms with van der Waals surface area (Å²) in [5.41, 5.74) is 1.05. The first-order chi connectivity index (χ1) is 11.7. The smallest absolute Gasteiger partial charge is 0.253 e. The van der Waals surface area contributed by atoms with Crippen LogP contribution in [0.3, 0.4) is 0 Å². The molecule has 1 saturated heterocycles. The third-order valence-electron chi connectivity index (χ3n) is 4.81. The lowest BCUT2D eigenvalue weighted by Crippen LogP contribution is -2.48. The van der Waals surface area contributed by atoms with E-state index in [0.717, 1.165) is 32.1 Å². The average molecular weight is 329 g/mol. The van der Waals surface area contributed by atoms with Crippen LogP contribution in [0.25, 0.3) is 0 Å². The number of piperazine rings is 1. The highest BCUT2D eigenvalue weighted by molar-refractivity contribution is 5.99. The molecule has 2 fully saturated rings. The molecule has 0 aromatic heterocycles. The van der Waals surface area contributed by atoms with Gasteiger partial charge in [0.05, 0.1) is 0 Å². The van der Waals surface area contributed by atoms with Crippen LogP contribution in [0, 0.1) is 0 Å². The van der Waals surface area contributed by atoms with Crippen molar-refractivity contribution >= 4 is 18.2 Å². The van der Waals surface area contributed by atoms with Gasteiger partial charge in [0.2, 0.25) is 6.41 Å². The van der Waals surface area contributed by atoms with Gasteiger partial charge in [0, 0.05) is 43.3 Å². The minimum atomic E-state index is -0.109. The second kappa shape index (κ2) is 7.47. The van der Waals surface area contributed by atoms with Gasteiger partial charge in [-0.3, -0.25) is 14.4 Å². The molecular formula is C18H23N3O3. The Morgan fingerprint density at radius 3 is 2.38 bits per heavy atom. The summed E-state index contributed by atoms with van der Waals surface area (Å²) in [4.78, 5) is 39.1. The molecular weight excluding hydrogens is 306 g/mol. The SMILES string of the molecule is O=CN1CCN(C(=O)c2cccc(C(=O)NC3CCCC3)c2)CC1. The molecule has 1 saturated carbocycles. The first-order valence-corrected chi connectivity index (χ1v) is 8.57. The molecule has 24 heavy (non-hydrogen) atoms. The molecule has 1 N–H and O–H groups in total. The van der Waals surface area contributed by atoms with Crippen molar-refractivity contribution in [1.29, 1.82) is 0 Å². The Balaban J connectivity index is 1.64. The summed E-state index contributed by atoms with van der Waals surface area (Å²) in [6.07, 6.45) is 5.21. The van der Waals surface area contributed by atoms with Crippen molar-refractivity contribution in [3.05, 3.63) is 35.4 Å². The van der Waals surface area contributed by atoms with Gasteiger partial charge < -0.3 is 15.1 Å². The number of benzene rings is 1. The quantitative estimate of drug-likeness (QED) is 0.846. The van der Waals surface area contributed by atoms with Crippen molar-refractivity contribution < 1.29 is 14.4 Å². The van der Waals surface area contributed by atoms with Crippen LogP contribution in [0.1, 0.15) is 46.4 Å². The van der Waals surface area contributed by atoms with Gasteiger partial charge in [0.1, 0.15) is 0 Å². The van der Waals surface area contributed by atoms with Crippen molar-refractivity contribution in [3.8, 4) is 0 Å². The number of hydrogen-bond donors (Lipinski definition) is 1. The molecule has 3 amide bonds. The molecule has 6 nitrogen and oxygen atoms in total. The van der Waals surface area contributed by atoms with Crippen LogP contribution in [-0.2, 0) is 4.79 Å². The van der Waals surface area contributed by atoms with E-state index in [9.17, 15) is 14.4 Å². The third-order valence-corrected chi connectivity index (χ3v) is 4.81. The molecule has 1 aliphatic carbocycles. The van der Waals surface area contributed by atoms with Crippen LogP contribution < -0.4 is 5.32 Å². The first kappa shape index (κ1) is 16.5. The predicted molar refractivity (Wildman–Crippen MR) is 89.7 cm³/mol. The lowest BCUT2D eigenvalue weighted by molar-refractivity contribution is -0.119. The standard InChI is InChI=1S/C18H23N3O3/c22-13-20-8-10-21(11-9-20)18(24)15-5-3-4-14(12-15)17(23)19-16-6-1-2-7-16/h3-5,12-13,16H,1-2,6-11H2,(H,19,23). The van der Waals surface area contributed by atoms with E-state index in [2.05, 4.69) is 5.32 Å². The lowest BCUT2D eigenvalue weighted by atomic mass is 10.1. The predicted octanol–water partition coefficient (Wildman–Crippen LogP) is 1.27. The van der Waals surface area contributed by atoms with Crippen molar-refractivity contribution in [1.82, 2.24) is 15.1 Å². The van der Waals surface area contributed by atoms with Crippen LogP contribution in [0.15, 0.2) is 24.3 Å². The number of rotatable bonds is 4. The summed E-state index contributed by atoms with van der Waals surface area (Å²) >= 11 is 0. The number of amides is 3. The van der Waals surface area contributed by atoms with Crippen LogP contribution in [0.4, 0.5) is 0 Å². The number of hydrogen-bond acceptors (Lipinski definition) is 3. The van der Waals surface area contributed by atoms with Crippen LogP contribution in [-0.4, -0.2) is 60.2 Å². The van der Waals surface area contributed by atoms with E-state index in [1.165, 1.54) is 0 Å². The van der Waals surface area contributed by atoms with E-state index in [-0.39, 0.29) is 17.9 Å². The summed E-state index contributed by atoms with van der Waals surface area (Å²) < 4.78 is 0. The van der Waals surface area contributed by atoms with E-state index in [0.29, 0.717) is 37.3 Å². The van der Waals surface area contributed by atoms with E-state index in [1.807, 2.05) is 0 Å². The summed E-state index contributed by atoms with van der Waals surface area (Å²) in [5, 5.41) is 3.04. The minimum absolute atomic E-state index is 0.0870. The monoisotopic (exact) mass is 329 g/mol. The highest BCUT2D eigenvalue weighted by Crippen LogP contribution is 2.18. The Bertz CT molecular complexity index is 618. The van der Waals surface area contributed by atoms with Crippen molar-refractivity contribution in [2.75, 3.05) is 26.2 Å². The lowest BCUT2D eigenvalue weighted by Gasteiger charge is -2.32. The molecule has 0 bridgehead atoms. The topological polar surface area (TPSA) is 69.7 Å². The largest absolute Gasteiger partial charge is 0.349 e. The van der Waals surface area contributed by atoms with Gasteiger partial charge >= 0.3 is 0 Å². The number of nitrogens with one attached hydrogen (secondary N) is 1. The number of carbonyl (C=O) groups excluding carboxylic acids is 3. The summed E-state index contributed by atoms with van der Waals surface area (Å²) in [5.74, 6) is -0.196. The summed E-state index contributed by atoms with van der Waals surface area (Å²) in [6.45, 7) is 2.15. The Labute approximate surface area is 141 Å². The van der Waals surface area contributed by atoms with E-state index in [4.69, 9.17) is 0 Å². The van der Waals surface area contributed by atoms with Gasteiger partial charge in [-0.15, -0.1) is 0 Å². The zero-order valence-corrected chi connectivity index (χ0v) is 13.7. The molecule has 0 radical (unpaired) electrons. The Kier molecular flexibility index (Phi) is 5.13. The highest BCUT2D eigenvalue weighted by Gasteiger charge is 2.23. The minimum Gasteiger partial charge on any atom is -0.349 e. The second-order valence-electron chi connectivity index (χ2n) is 6.47. The Hall–Kier alpha value is -2.37. The maximum atomic E-state index is 12.6. The fourth-order valence-corrected chi connectivity index (χ4v) is 3.35. The third kappa shape index (κ3) is 3.75. The van der Waals surface area contributed by atoms with Crippen LogP contribution >= 0.6 is 0 Å². The van der Waals surface area contributed by atoms with E-state index in [1.54, 1.807) is 34.1 Å². The molecule has 0 spiro atoms. The van der Waals surface area contributed by atoms with E-state index >= 15 is 0 Å². The highest BCUT2D eigenvalue weighted by atomic mass is 16.2. The van der Waals surface area contributed by atoms with Crippen LogP contribution in [0.5, 0.6) is 0 Å². The molecule has 128 valence electrons. The molecule has 0 unspecified atom stereocenters. The fraction of sp³-hybridized carbons (Fsp3) is 0.500. The van der Waals surface area contributed by atoms with Crippen LogP contribution in [0.2, 0.25) is 0 Å². The number of nitrogens with zero attached hydrogens (tertiary/aromatic N) is 2. The zero-order chi connectivity index (χ0) is 16.9. The fourth-order valence-electron chi connectivity index (χ4n) is 3.35. The Morgan fingerprint density at radius 2 is 1.71 bits per heavy atom. The van der Waals surface area contributed by atoms with Crippen molar-refractivity contribution in [2.24, 2.45) is 0 Å². The summed E-state index contributed by atoms with van der Waals surface area (Å²) in [6, 6.07) is 7.15. The maximum Gasteiger partial charge on any atom is 0.253 e. The average Bonchev–Trinajstić information content (AvgIpc) is 3.14. The number of carbonyl (C=O) groups is 3. The molecule has 1 aromatic carbocycles. The molecule has 0 atom stereocenters. The van der Waals surface area contributed by atoms with Gasteiger partial charge in [-0.25, -0.2) is 0 Å². The molecule has 1 aliphatic heterocycles. The van der Waals surface area contributed by atoms with Crippen molar-refractivity contribution in [3.63, 3.8) is 0 Å². The first-order valence-electron chi connectivity index (χ1n) is 8.57. The van der Waals surface area contributed by atoms with Crippen molar-refractivity contribution in [2.45, 2.75) is 31.7 Å². The zero-order valence-electron chi connectivity index (χ0n) is 13.7. The van der Waals surface area contributed by atoms with Gasteiger partial charge in [0.25, 0.3) is 11.8 Å². The van der Waals surface area contributed by atoms with E-state index < -0.39 is 0 Å². The molecule has 1 heterocycles. The normalized spacial score (nSPS) is 18.5. The molecule has 1 aromatic rings. The molecule has 2 aliphatic rings. The Morgan fingerprint density at radius 1 is 1.04 bits per heavy atom. The van der Waals surface area contributed by atoms with Gasteiger partial charge in [-0.1, -0.05) is 18.9 Å². The molecule has 3 rings (SSSR count).